The molecule has 0 spiro atoms. The van der Waals surface area contributed by atoms with E-state index in [4.69, 9.17) is 0 Å². The van der Waals surface area contributed by atoms with Crippen LogP contribution in [0.15, 0.2) is 34.0 Å². The summed E-state index contributed by atoms with van der Waals surface area (Å²) in [6.45, 7) is 1.79. The minimum atomic E-state index is -4.75. The minimum Gasteiger partial charge on any atom is -0.406 e. The molecule has 156 valence electrons. The van der Waals surface area contributed by atoms with Crippen LogP contribution in [0.2, 0.25) is 0 Å². The van der Waals surface area contributed by atoms with Gasteiger partial charge in [0, 0.05) is 16.8 Å². The van der Waals surface area contributed by atoms with Crippen LogP contribution < -0.4 is 10.1 Å². The zero-order valence-electron chi connectivity index (χ0n) is 15.1. The number of rotatable bonds is 8. The second kappa shape index (κ2) is 9.41. The molecule has 3 aromatic rings. The molecule has 30 heavy (non-hydrogen) atoms. The van der Waals surface area contributed by atoms with Crippen molar-refractivity contribution in [1.82, 2.24) is 15.2 Å². The average Bonchev–Trinajstić information content (AvgIpc) is 3.30. The van der Waals surface area contributed by atoms with E-state index in [0.29, 0.717) is 20.2 Å². The van der Waals surface area contributed by atoms with E-state index in [0.717, 1.165) is 17.5 Å². The van der Waals surface area contributed by atoms with E-state index in [1.807, 2.05) is 6.07 Å². The molecule has 2 heterocycles. The van der Waals surface area contributed by atoms with E-state index < -0.39 is 12.3 Å². The predicted molar refractivity (Wildman–Crippen MR) is 107 cm³/mol. The van der Waals surface area contributed by atoms with Gasteiger partial charge in [0.2, 0.25) is 5.13 Å². The monoisotopic (exact) mass is 471 g/mol. The number of alkyl halides is 3. The summed E-state index contributed by atoms with van der Waals surface area (Å²) in [5.41, 5.74) is 1.26. The first-order valence-electron chi connectivity index (χ1n) is 8.17. The quantitative estimate of drug-likeness (QED) is 0.463. The topological polar surface area (TPSA) is 101 Å². The largest absolute Gasteiger partial charge is 0.573 e. The Morgan fingerprint density at radius 2 is 2.07 bits per heavy atom. The number of thiazole rings is 1. The lowest BCUT2D eigenvalue weighted by Gasteiger charge is -2.09. The van der Waals surface area contributed by atoms with Crippen LogP contribution >= 0.6 is 34.4 Å². The third kappa shape index (κ3) is 6.15. The predicted octanol–water partition coefficient (Wildman–Crippen LogP) is 4.91. The van der Waals surface area contributed by atoms with Crippen molar-refractivity contribution in [3.8, 4) is 11.8 Å². The number of hydrogen-bond acceptors (Lipinski definition) is 10. The number of nitrogens with zero attached hydrogens (tertiary/aromatic N) is 4. The van der Waals surface area contributed by atoms with E-state index in [2.05, 4.69) is 25.2 Å². The Bertz CT molecular complexity index is 1060. The van der Waals surface area contributed by atoms with Crippen molar-refractivity contribution < 1.29 is 22.7 Å². The third-order valence-electron chi connectivity index (χ3n) is 3.42. The van der Waals surface area contributed by atoms with Crippen molar-refractivity contribution in [3.05, 3.63) is 40.3 Å². The Labute approximate surface area is 180 Å². The van der Waals surface area contributed by atoms with Crippen molar-refractivity contribution in [3.63, 3.8) is 0 Å². The number of aromatic nitrogens is 3. The molecule has 0 saturated carbocycles. The van der Waals surface area contributed by atoms with Gasteiger partial charge in [0.15, 0.2) is 16.0 Å². The van der Waals surface area contributed by atoms with Crippen molar-refractivity contribution in [2.75, 3.05) is 11.1 Å². The molecular weight excluding hydrogens is 459 g/mol. The zero-order valence-corrected chi connectivity index (χ0v) is 17.6. The maximum atomic E-state index is 12.4. The summed E-state index contributed by atoms with van der Waals surface area (Å²) >= 11 is 3.59. The second-order valence-electron chi connectivity index (χ2n) is 5.71. The molecule has 1 N–H and O–H groups in total. The van der Waals surface area contributed by atoms with Crippen LogP contribution in [0, 0.1) is 18.3 Å². The van der Waals surface area contributed by atoms with Gasteiger partial charge in [-0.05, 0) is 31.2 Å². The second-order valence-corrected chi connectivity index (χ2v) is 8.80. The summed E-state index contributed by atoms with van der Waals surface area (Å²) in [5.74, 6) is -1.49. The normalized spacial score (nSPS) is 12.2. The molecule has 0 amide bonds. The highest BCUT2D eigenvalue weighted by molar-refractivity contribution is 8.01. The van der Waals surface area contributed by atoms with E-state index in [1.54, 1.807) is 12.3 Å². The van der Waals surface area contributed by atoms with Gasteiger partial charge in [0.25, 0.3) is 0 Å². The third-order valence-corrected chi connectivity index (χ3v) is 6.44. The molecule has 13 heteroatoms. The summed E-state index contributed by atoms with van der Waals surface area (Å²) in [4.78, 5) is 16.6. The summed E-state index contributed by atoms with van der Waals surface area (Å²) in [6.07, 6.45) is -4.75. The molecule has 1 atom stereocenters. The molecule has 7 nitrogen and oxygen atoms in total. The van der Waals surface area contributed by atoms with Gasteiger partial charge in [-0.15, -0.1) is 34.7 Å². The van der Waals surface area contributed by atoms with Crippen LogP contribution in [0.4, 0.5) is 24.0 Å². The SMILES string of the molecule is Cc1csc(C(C#N)C(=O)CSc2nnc(Nc3ccc(OC(F)(F)F)cc3)s2)n1. The average molecular weight is 472 g/mol. The molecular formula is C17H12F3N5O2S3. The van der Waals surface area contributed by atoms with Crippen LogP contribution in [0.1, 0.15) is 16.6 Å². The van der Waals surface area contributed by atoms with Gasteiger partial charge in [0.05, 0.1) is 11.8 Å². The first kappa shape index (κ1) is 22.0. The summed E-state index contributed by atoms with van der Waals surface area (Å²) in [5, 5.41) is 22.8. The number of thioether (sulfide) groups is 1. The molecule has 0 fully saturated rings. The van der Waals surface area contributed by atoms with E-state index in [9.17, 15) is 23.2 Å². The van der Waals surface area contributed by atoms with Gasteiger partial charge in [0.1, 0.15) is 10.8 Å². The Morgan fingerprint density at radius 3 is 2.67 bits per heavy atom. The number of nitriles is 1. The number of aryl methyl sites for hydroxylation is 1. The van der Waals surface area contributed by atoms with Crippen molar-refractivity contribution in [2.45, 2.75) is 23.5 Å². The van der Waals surface area contributed by atoms with Crippen LogP contribution in [0.5, 0.6) is 5.75 Å². The van der Waals surface area contributed by atoms with Crippen LogP contribution in [-0.4, -0.2) is 33.1 Å². The molecule has 3 rings (SSSR count). The molecule has 1 aromatic carbocycles. The lowest BCUT2D eigenvalue weighted by Crippen LogP contribution is -2.16. The highest BCUT2D eigenvalue weighted by Crippen LogP contribution is 2.30. The number of ketones is 1. The number of nitrogens with one attached hydrogen (secondary N) is 1. The van der Waals surface area contributed by atoms with Crippen molar-refractivity contribution >= 4 is 51.0 Å². The molecule has 0 radical (unpaired) electrons. The number of anilines is 2. The van der Waals surface area contributed by atoms with Gasteiger partial charge >= 0.3 is 6.36 Å². The Kier molecular flexibility index (Phi) is 6.91. The molecule has 0 aliphatic rings. The first-order chi connectivity index (χ1) is 14.2. The van der Waals surface area contributed by atoms with Gasteiger partial charge in [-0.1, -0.05) is 23.1 Å². The number of hydrogen-bond donors (Lipinski definition) is 1. The lowest BCUT2D eigenvalue weighted by atomic mass is 10.1. The molecule has 0 aliphatic carbocycles. The number of halogens is 3. The van der Waals surface area contributed by atoms with E-state index in [-0.39, 0.29) is 17.3 Å². The molecule has 0 bridgehead atoms. The summed E-state index contributed by atoms with van der Waals surface area (Å²) < 4.78 is 40.9. The van der Waals surface area contributed by atoms with Crippen LogP contribution in [-0.2, 0) is 4.79 Å². The van der Waals surface area contributed by atoms with Crippen LogP contribution in [0.3, 0.4) is 0 Å². The number of ether oxygens (including phenoxy) is 1. The molecule has 0 aliphatic heterocycles. The van der Waals surface area contributed by atoms with Gasteiger partial charge in [-0.3, -0.25) is 4.79 Å². The van der Waals surface area contributed by atoms with Crippen LogP contribution in [0.25, 0.3) is 0 Å². The summed E-state index contributed by atoms with van der Waals surface area (Å²) in [6, 6.07) is 7.15. The minimum absolute atomic E-state index is 0.0367. The number of benzene rings is 1. The molecule has 2 aromatic heterocycles. The number of Topliss-reactive ketones (excluding diaryl/α,β-unsaturated/α-hetero) is 1. The Morgan fingerprint density at radius 1 is 1.33 bits per heavy atom. The zero-order chi connectivity index (χ0) is 21.7. The van der Waals surface area contributed by atoms with E-state index >= 15 is 0 Å². The summed E-state index contributed by atoms with van der Waals surface area (Å²) in [7, 11) is 0. The maximum Gasteiger partial charge on any atom is 0.573 e. The standard InChI is InChI=1S/C17H12F3N5O2S3/c1-9-7-28-14(22-9)12(6-21)13(26)8-29-16-25-24-15(30-16)23-10-2-4-11(5-3-10)27-17(18,19)20/h2-5,7,12H,8H2,1H3,(H,23,24). The molecule has 0 saturated heterocycles. The molecule has 1 unspecified atom stereocenters. The van der Waals surface area contributed by atoms with Crippen molar-refractivity contribution in [1.29, 1.82) is 5.26 Å². The van der Waals surface area contributed by atoms with Gasteiger partial charge in [-0.25, -0.2) is 4.98 Å². The highest BCUT2D eigenvalue weighted by atomic mass is 32.2. The Balaban J connectivity index is 1.55. The fraction of sp³-hybridized carbons (Fsp3) is 0.235. The maximum absolute atomic E-state index is 12.4. The lowest BCUT2D eigenvalue weighted by molar-refractivity contribution is -0.274. The fourth-order valence-corrected chi connectivity index (χ4v) is 4.71. The number of carbonyl (C=O) groups is 1. The van der Waals surface area contributed by atoms with Gasteiger partial charge in [-0.2, -0.15) is 5.26 Å². The highest BCUT2D eigenvalue weighted by Gasteiger charge is 2.31. The smallest absolute Gasteiger partial charge is 0.406 e. The van der Waals surface area contributed by atoms with Gasteiger partial charge < -0.3 is 10.1 Å². The van der Waals surface area contributed by atoms with E-state index in [1.165, 1.54) is 46.9 Å². The number of carbonyl (C=O) groups excluding carboxylic acids is 1. The van der Waals surface area contributed by atoms with Crippen molar-refractivity contribution in [2.24, 2.45) is 0 Å². The Hall–Kier alpha value is -2.69. The fourth-order valence-electron chi connectivity index (χ4n) is 2.17. The first-order valence-corrected chi connectivity index (χ1v) is 10.8.